The molecule has 0 fully saturated rings. The van der Waals surface area contributed by atoms with Crippen LogP contribution >= 0.6 is 7.60 Å². The molecule has 7 nitrogen and oxygen atoms in total. The van der Waals surface area contributed by atoms with Gasteiger partial charge in [0.2, 0.25) is 0 Å². The number of hydrogen-bond donors (Lipinski definition) is 4. The van der Waals surface area contributed by atoms with E-state index < -0.39 is 20.1 Å². The van der Waals surface area contributed by atoms with Crippen LogP contribution in [0.2, 0.25) is 0 Å². The molecule has 0 aromatic rings. The Labute approximate surface area is 177 Å². The second kappa shape index (κ2) is 18.4. The van der Waals surface area contributed by atoms with Crippen LogP contribution < -0.4 is 52.5 Å². The number of hydrogen-bond acceptors (Lipinski definition) is 7. The fraction of sp³-hybridized carbons (Fsp3) is 1.00. The van der Waals surface area contributed by atoms with Crippen molar-refractivity contribution in [2.45, 2.75) is 83.6 Å². The van der Waals surface area contributed by atoms with Crippen molar-refractivity contribution >= 4 is 7.60 Å². The van der Waals surface area contributed by atoms with Gasteiger partial charge in [0, 0.05) is 0 Å². The van der Waals surface area contributed by atoms with Crippen LogP contribution in [0.15, 0.2) is 0 Å². The molecule has 0 aromatic carbocycles. The zero-order valence-corrected chi connectivity index (χ0v) is 19.2. The zero-order chi connectivity index (χ0) is 18.3. The van der Waals surface area contributed by atoms with E-state index in [1.807, 2.05) is 6.92 Å². The van der Waals surface area contributed by atoms with Crippen LogP contribution in [0.3, 0.4) is 0 Å². The zero-order valence-electron chi connectivity index (χ0n) is 17.3. The fourth-order valence-electron chi connectivity index (χ4n) is 2.33. The van der Waals surface area contributed by atoms with Gasteiger partial charge in [0.15, 0.2) is 0 Å². The van der Waals surface area contributed by atoms with Gasteiger partial charge in [0.05, 0.1) is 6.16 Å². The summed E-state index contributed by atoms with van der Waals surface area (Å²) in [6, 6.07) is 0. The topological polar surface area (TPSA) is 140 Å². The van der Waals surface area contributed by atoms with Gasteiger partial charge in [-0.15, -0.1) is 0 Å². The van der Waals surface area contributed by atoms with Crippen LogP contribution in [-0.4, -0.2) is 31.7 Å². The maximum Gasteiger partial charge on any atom is 1.00 e. The van der Waals surface area contributed by atoms with Crippen molar-refractivity contribution in [3.05, 3.63) is 0 Å². The molecule has 8 N–H and O–H groups in total. The average molecular weight is 390 g/mol. The minimum Gasteiger partial charge on any atom is -1.00 e. The van der Waals surface area contributed by atoms with Crippen molar-refractivity contribution in [3.8, 4) is 0 Å². The van der Waals surface area contributed by atoms with Crippen LogP contribution in [0.4, 0.5) is 0 Å². The van der Waals surface area contributed by atoms with E-state index in [4.69, 9.17) is 32.0 Å². The molecule has 0 spiro atoms. The molecular weight excluding hydrogens is 350 g/mol. The standard InChI is InChI=1S/C16H39N4O3P.Na.H/c1-2-3-14-24(21,22-15(19)10-6-4-8-12-17)23-16(20)11-7-5-9-13-18;;/h15-16H,2-14,17-20H2,1H3;;/q;+1;-1. The maximum atomic E-state index is 12.9. The Morgan fingerprint density at radius 1 is 0.840 bits per heavy atom. The van der Waals surface area contributed by atoms with Crippen molar-refractivity contribution in [3.63, 3.8) is 0 Å². The molecule has 148 valence electrons. The van der Waals surface area contributed by atoms with Crippen LogP contribution in [0.25, 0.3) is 0 Å². The largest absolute Gasteiger partial charge is 1.00 e. The van der Waals surface area contributed by atoms with E-state index in [0.717, 1.165) is 51.4 Å². The van der Waals surface area contributed by atoms with Crippen molar-refractivity contribution < 1.29 is 44.6 Å². The number of unbranched alkanes of at least 4 members (excludes halogenated alkanes) is 5. The monoisotopic (exact) mass is 390 g/mol. The van der Waals surface area contributed by atoms with E-state index in [-0.39, 0.29) is 31.0 Å². The molecule has 25 heavy (non-hydrogen) atoms. The normalized spacial score (nSPS) is 16.0. The summed E-state index contributed by atoms with van der Waals surface area (Å²) in [5.74, 6) is 0. The molecule has 0 aliphatic heterocycles. The van der Waals surface area contributed by atoms with Gasteiger partial charge in [-0.25, -0.2) is 0 Å². The minimum absolute atomic E-state index is 0. The van der Waals surface area contributed by atoms with Gasteiger partial charge in [-0.1, -0.05) is 26.2 Å². The van der Waals surface area contributed by atoms with E-state index in [9.17, 15) is 4.57 Å². The molecule has 2 unspecified atom stereocenters. The predicted octanol–water partition coefficient (Wildman–Crippen LogP) is -0.263. The molecule has 0 heterocycles. The first kappa shape index (κ1) is 28.2. The number of rotatable bonds is 17. The molecule has 9 heteroatoms. The molecule has 0 saturated carbocycles. The van der Waals surface area contributed by atoms with E-state index in [2.05, 4.69) is 0 Å². The Hall–Kier alpha value is 0.990. The molecule has 0 amide bonds. The summed E-state index contributed by atoms with van der Waals surface area (Å²) in [6.45, 7) is 3.38. The van der Waals surface area contributed by atoms with Gasteiger partial charge in [0.1, 0.15) is 12.5 Å². The SMILES string of the molecule is CCCCP(=O)(OC(N)CCCCCN)OC(N)CCCCCN.[H-].[Na+]. The summed E-state index contributed by atoms with van der Waals surface area (Å²) in [7, 11) is -3.26. The van der Waals surface area contributed by atoms with Gasteiger partial charge in [-0.05, 0) is 58.0 Å². The minimum atomic E-state index is -3.26. The molecule has 2 atom stereocenters. The molecule has 0 aliphatic rings. The smallest absolute Gasteiger partial charge is 1.00 e. The Morgan fingerprint density at radius 2 is 1.28 bits per heavy atom. The van der Waals surface area contributed by atoms with Crippen LogP contribution in [0.1, 0.15) is 72.6 Å². The van der Waals surface area contributed by atoms with Gasteiger partial charge in [-0.2, -0.15) is 0 Å². The first-order chi connectivity index (χ1) is 11.5. The Kier molecular flexibility index (Phi) is 20.7. The fourth-order valence-corrected chi connectivity index (χ4v) is 4.33. The van der Waals surface area contributed by atoms with E-state index in [1.165, 1.54) is 0 Å². The third kappa shape index (κ3) is 16.9. The van der Waals surface area contributed by atoms with Crippen molar-refractivity contribution in [2.24, 2.45) is 22.9 Å². The summed E-state index contributed by atoms with van der Waals surface area (Å²) in [6.07, 6.45) is 7.86. The van der Waals surface area contributed by atoms with Crippen LogP contribution in [-0.2, 0) is 13.6 Å². The second-order valence-corrected chi connectivity index (χ2v) is 8.34. The van der Waals surface area contributed by atoms with Crippen molar-refractivity contribution in [1.82, 2.24) is 0 Å². The first-order valence-corrected chi connectivity index (χ1v) is 11.1. The summed E-state index contributed by atoms with van der Waals surface area (Å²) < 4.78 is 24.1. The Morgan fingerprint density at radius 3 is 1.64 bits per heavy atom. The third-order valence-electron chi connectivity index (χ3n) is 3.76. The third-order valence-corrected chi connectivity index (χ3v) is 5.81. The van der Waals surface area contributed by atoms with Gasteiger partial charge >= 0.3 is 37.2 Å². The average Bonchev–Trinajstić information content (AvgIpc) is 2.53. The molecule has 0 radical (unpaired) electrons. The number of nitrogens with two attached hydrogens (primary N) is 4. The predicted molar refractivity (Wildman–Crippen MR) is 102 cm³/mol. The second-order valence-electron chi connectivity index (χ2n) is 6.25. The van der Waals surface area contributed by atoms with E-state index in [0.29, 0.717) is 32.1 Å². The summed E-state index contributed by atoms with van der Waals surface area (Å²) >= 11 is 0. The summed E-state index contributed by atoms with van der Waals surface area (Å²) in [5.41, 5.74) is 22.9. The van der Waals surface area contributed by atoms with Gasteiger partial charge in [0.25, 0.3) is 0 Å². The molecule has 0 aliphatic carbocycles. The molecular formula is C16H40N4NaO3P. The Balaban J connectivity index is -0.00000264. The molecule has 0 aromatic heterocycles. The first-order valence-electron chi connectivity index (χ1n) is 9.34. The molecule has 0 bridgehead atoms. The quantitative estimate of drug-likeness (QED) is 0.116. The summed E-state index contributed by atoms with van der Waals surface area (Å²) in [4.78, 5) is 0. The van der Waals surface area contributed by atoms with Gasteiger partial charge < -0.3 is 24.4 Å². The van der Waals surface area contributed by atoms with E-state index >= 15 is 0 Å². The van der Waals surface area contributed by atoms with Crippen LogP contribution in [0.5, 0.6) is 0 Å². The summed E-state index contributed by atoms with van der Waals surface area (Å²) in [5, 5.41) is 0. The maximum absolute atomic E-state index is 12.9. The van der Waals surface area contributed by atoms with E-state index in [1.54, 1.807) is 0 Å². The van der Waals surface area contributed by atoms with Gasteiger partial charge in [-0.3, -0.25) is 13.6 Å². The Bertz CT molecular complexity index is 323. The molecule has 0 rings (SSSR count). The molecule has 0 saturated heterocycles. The van der Waals surface area contributed by atoms with Crippen molar-refractivity contribution in [2.75, 3.05) is 19.3 Å². The van der Waals surface area contributed by atoms with Crippen LogP contribution in [0, 0.1) is 0 Å². The van der Waals surface area contributed by atoms with Crippen molar-refractivity contribution in [1.29, 1.82) is 0 Å².